The summed E-state index contributed by atoms with van der Waals surface area (Å²) in [5.74, 6) is 0.155. The average molecular weight is 464 g/mol. The number of rotatable bonds is 5. The van der Waals surface area contributed by atoms with E-state index in [1.165, 1.54) is 35.3 Å². The maximum atomic E-state index is 13.3. The molecule has 3 aliphatic rings. The van der Waals surface area contributed by atoms with Crippen molar-refractivity contribution in [2.24, 2.45) is 0 Å². The van der Waals surface area contributed by atoms with Crippen molar-refractivity contribution in [2.75, 3.05) is 44.2 Å². The first-order valence-corrected chi connectivity index (χ1v) is 12.8. The van der Waals surface area contributed by atoms with E-state index in [0.29, 0.717) is 5.41 Å². The van der Waals surface area contributed by atoms with E-state index in [1.807, 2.05) is 11.0 Å². The zero-order chi connectivity index (χ0) is 23.8. The highest BCUT2D eigenvalue weighted by molar-refractivity contribution is 5.95. The summed E-state index contributed by atoms with van der Waals surface area (Å²) in [6.45, 7) is 7.58. The van der Waals surface area contributed by atoms with Gasteiger partial charge in [-0.2, -0.15) is 0 Å². The van der Waals surface area contributed by atoms with Gasteiger partial charge < -0.3 is 9.80 Å². The molecule has 0 bridgehead atoms. The number of carbonyl (C=O) groups excluding carboxylic acids is 1. The average Bonchev–Trinajstić information content (AvgIpc) is 3.69. The Hall–Kier alpha value is -3.37. The Balaban J connectivity index is 1.11. The number of fused-ring (bicyclic) bond motifs is 1. The number of nitrogens with zero attached hydrogens (tertiary/aromatic N) is 3. The monoisotopic (exact) mass is 463 g/mol. The summed E-state index contributed by atoms with van der Waals surface area (Å²) in [5.41, 5.74) is 7.36. The quantitative estimate of drug-likeness (QED) is 0.489. The van der Waals surface area contributed by atoms with Crippen molar-refractivity contribution in [3.8, 4) is 0 Å². The smallest absolute Gasteiger partial charge is 0.253 e. The standard InChI is InChI=1S/C31H33N3O/c1-24-22-26(13-14-28(24)34-17-7-9-25-8-5-6-12-29(25)34)30(35)33-20-18-32(19-21-33)23-31(15-16-31)27-10-3-2-4-11-27/h2-14,22H,15-21,23H2,1H3. The van der Waals surface area contributed by atoms with Crippen LogP contribution in [-0.4, -0.2) is 55.0 Å². The maximum Gasteiger partial charge on any atom is 0.253 e. The Labute approximate surface area is 208 Å². The van der Waals surface area contributed by atoms with E-state index in [9.17, 15) is 4.79 Å². The zero-order valence-corrected chi connectivity index (χ0v) is 20.5. The highest BCUT2D eigenvalue weighted by Crippen LogP contribution is 2.48. The third-order valence-electron chi connectivity index (χ3n) is 7.97. The van der Waals surface area contributed by atoms with Gasteiger partial charge in [-0.05, 0) is 60.7 Å². The molecule has 1 saturated carbocycles. The van der Waals surface area contributed by atoms with Crippen LogP contribution in [0.15, 0.2) is 78.9 Å². The molecule has 6 rings (SSSR count). The summed E-state index contributed by atoms with van der Waals surface area (Å²) in [7, 11) is 0. The lowest BCUT2D eigenvalue weighted by Gasteiger charge is -2.37. The van der Waals surface area contributed by atoms with E-state index in [4.69, 9.17) is 0 Å². The molecular formula is C31H33N3O. The number of hydrogen-bond acceptors (Lipinski definition) is 3. The molecule has 0 spiro atoms. The van der Waals surface area contributed by atoms with E-state index in [-0.39, 0.29) is 5.91 Å². The van der Waals surface area contributed by atoms with Crippen molar-refractivity contribution < 1.29 is 4.79 Å². The van der Waals surface area contributed by atoms with Crippen molar-refractivity contribution in [3.63, 3.8) is 0 Å². The van der Waals surface area contributed by atoms with Crippen LogP contribution in [-0.2, 0) is 5.41 Å². The minimum atomic E-state index is 0.155. The van der Waals surface area contributed by atoms with Gasteiger partial charge in [0.1, 0.15) is 0 Å². The van der Waals surface area contributed by atoms with Crippen molar-refractivity contribution in [2.45, 2.75) is 25.2 Å². The molecular weight excluding hydrogens is 430 g/mol. The molecule has 0 atom stereocenters. The van der Waals surface area contributed by atoms with Crippen molar-refractivity contribution in [1.82, 2.24) is 9.80 Å². The third kappa shape index (κ3) is 4.28. The predicted molar refractivity (Wildman–Crippen MR) is 143 cm³/mol. The Morgan fingerprint density at radius 2 is 1.60 bits per heavy atom. The molecule has 2 fully saturated rings. The fourth-order valence-electron chi connectivity index (χ4n) is 5.78. The molecule has 1 amide bonds. The van der Waals surface area contributed by atoms with E-state index in [1.54, 1.807) is 0 Å². The fraction of sp³-hybridized carbons (Fsp3) is 0.323. The van der Waals surface area contributed by atoms with Crippen LogP contribution in [0, 0.1) is 6.92 Å². The van der Waals surface area contributed by atoms with Gasteiger partial charge in [0.15, 0.2) is 0 Å². The molecule has 4 nitrogen and oxygen atoms in total. The van der Waals surface area contributed by atoms with Gasteiger partial charge in [-0.1, -0.05) is 60.7 Å². The highest BCUT2D eigenvalue weighted by Gasteiger charge is 2.45. The number of piperazine rings is 1. The number of anilines is 2. The minimum absolute atomic E-state index is 0.155. The number of aryl methyl sites for hydroxylation is 1. The Bertz CT molecular complexity index is 1250. The number of amides is 1. The zero-order valence-electron chi connectivity index (χ0n) is 20.5. The Morgan fingerprint density at radius 3 is 2.34 bits per heavy atom. The normalized spacial score (nSPS) is 18.9. The van der Waals surface area contributed by atoms with Gasteiger partial charge in [0.25, 0.3) is 5.91 Å². The molecule has 0 N–H and O–H groups in total. The number of hydrogen-bond donors (Lipinski definition) is 0. The second-order valence-electron chi connectivity index (χ2n) is 10.3. The van der Waals surface area contributed by atoms with Crippen LogP contribution in [0.4, 0.5) is 11.4 Å². The molecule has 0 aromatic heterocycles. The fourth-order valence-corrected chi connectivity index (χ4v) is 5.78. The third-order valence-corrected chi connectivity index (χ3v) is 7.97. The summed E-state index contributed by atoms with van der Waals surface area (Å²) in [6, 6.07) is 25.6. The first kappa shape index (κ1) is 22.1. The Kier molecular flexibility index (Phi) is 5.69. The van der Waals surface area contributed by atoms with Gasteiger partial charge in [0, 0.05) is 61.6 Å². The second-order valence-corrected chi connectivity index (χ2v) is 10.3. The van der Waals surface area contributed by atoms with Gasteiger partial charge in [-0.15, -0.1) is 0 Å². The van der Waals surface area contributed by atoms with Crippen LogP contribution in [0.3, 0.4) is 0 Å². The van der Waals surface area contributed by atoms with Crippen LogP contribution >= 0.6 is 0 Å². The van der Waals surface area contributed by atoms with Gasteiger partial charge in [0.2, 0.25) is 0 Å². The minimum Gasteiger partial charge on any atom is -0.337 e. The summed E-state index contributed by atoms with van der Waals surface area (Å²) < 4.78 is 0. The molecule has 35 heavy (non-hydrogen) atoms. The molecule has 2 heterocycles. The van der Waals surface area contributed by atoms with Crippen molar-refractivity contribution >= 4 is 23.4 Å². The summed E-state index contributed by atoms with van der Waals surface area (Å²) >= 11 is 0. The maximum absolute atomic E-state index is 13.3. The van der Waals surface area contributed by atoms with Crippen LogP contribution in [0.25, 0.3) is 6.08 Å². The van der Waals surface area contributed by atoms with Gasteiger partial charge in [0.05, 0.1) is 0 Å². The summed E-state index contributed by atoms with van der Waals surface area (Å²) in [4.78, 5) is 20.3. The van der Waals surface area contributed by atoms with Gasteiger partial charge in [-0.3, -0.25) is 9.69 Å². The molecule has 1 aliphatic carbocycles. The lowest BCUT2D eigenvalue weighted by Crippen LogP contribution is -2.50. The molecule has 2 aliphatic heterocycles. The lowest BCUT2D eigenvalue weighted by molar-refractivity contribution is 0.0626. The van der Waals surface area contributed by atoms with Crippen LogP contribution in [0.2, 0.25) is 0 Å². The number of para-hydroxylation sites is 1. The summed E-state index contributed by atoms with van der Waals surface area (Å²) in [5, 5.41) is 0. The van der Waals surface area contributed by atoms with Gasteiger partial charge >= 0.3 is 0 Å². The number of carbonyl (C=O) groups is 1. The van der Waals surface area contributed by atoms with Crippen LogP contribution < -0.4 is 4.90 Å². The SMILES string of the molecule is Cc1cc(C(=O)N2CCN(CC3(c4ccccc4)CC3)CC2)ccc1N1CC=Cc2ccccc21. The molecule has 3 aromatic carbocycles. The second kappa shape index (κ2) is 9.01. The van der Waals surface area contributed by atoms with E-state index >= 15 is 0 Å². The molecule has 178 valence electrons. The van der Waals surface area contributed by atoms with Gasteiger partial charge in [-0.25, -0.2) is 0 Å². The van der Waals surface area contributed by atoms with Crippen LogP contribution in [0.1, 0.15) is 39.9 Å². The predicted octanol–water partition coefficient (Wildman–Crippen LogP) is 5.65. The molecule has 3 aromatic rings. The first-order valence-electron chi connectivity index (χ1n) is 12.8. The molecule has 1 saturated heterocycles. The van der Waals surface area contributed by atoms with Crippen molar-refractivity contribution in [1.29, 1.82) is 0 Å². The van der Waals surface area contributed by atoms with E-state index in [0.717, 1.165) is 50.4 Å². The topological polar surface area (TPSA) is 26.8 Å². The first-order chi connectivity index (χ1) is 17.1. The molecule has 0 radical (unpaired) electrons. The van der Waals surface area contributed by atoms with Crippen molar-refractivity contribution in [3.05, 3.63) is 101 Å². The van der Waals surface area contributed by atoms with Crippen LogP contribution in [0.5, 0.6) is 0 Å². The summed E-state index contributed by atoms with van der Waals surface area (Å²) in [6.07, 6.45) is 6.94. The van der Waals surface area contributed by atoms with E-state index < -0.39 is 0 Å². The lowest BCUT2D eigenvalue weighted by atomic mass is 9.95. The largest absolute Gasteiger partial charge is 0.337 e. The Morgan fingerprint density at radius 1 is 0.857 bits per heavy atom. The number of benzene rings is 3. The van der Waals surface area contributed by atoms with E-state index in [2.05, 4.69) is 95.6 Å². The molecule has 4 heteroatoms. The highest BCUT2D eigenvalue weighted by atomic mass is 16.2. The molecule has 0 unspecified atom stereocenters.